The van der Waals surface area contributed by atoms with Gasteiger partial charge in [0.2, 0.25) is 5.91 Å². The standard InChI is InChI=1S/C13H19N3O/c1-2-3-12(17)16-6-4-13(10-16)8-11-14-5-7-15(11)9-13/h5,7H,2-4,6,8-10H2,1H3. The van der Waals surface area contributed by atoms with Crippen LogP contribution in [0.1, 0.15) is 32.0 Å². The molecule has 4 heteroatoms. The van der Waals surface area contributed by atoms with E-state index in [4.69, 9.17) is 0 Å². The number of hydrogen-bond donors (Lipinski definition) is 0. The maximum atomic E-state index is 11.9. The summed E-state index contributed by atoms with van der Waals surface area (Å²) in [6.45, 7) is 4.96. The van der Waals surface area contributed by atoms with Gasteiger partial charge in [0.25, 0.3) is 0 Å². The zero-order valence-corrected chi connectivity index (χ0v) is 10.4. The van der Waals surface area contributed by atoms with Gasteiger partial charge in [-0.05, 0) is 12.8 Å². The lowest BCUT2D eigenvalue weighted by atomic mass is 9.86. The van der Waals surface area contributed by atoms with Gasteiger partial charge in [-0.2, -0.15) is 0 Å². The van der Waals surface area contributed by atoms with Crippen molar-refractivity contribution in [2.75, 3.05) is 13.1 Å². The molecule has 4 nitrogen and oxygen atoms in total. The quantitative estimate of drug-likeness (QED) is 0.775. The molecule has 0 saturated carbocycles. The Labute approximate surface area is 102 Å². The van der Waals surface area contributed by atoms with Crippen LogP contribution in [-0.2, 0) is 17.8 Å². The largest absolute Gasteiger partial charge is 0.342 e. The van der Waals surface area contributed by atoms with Gasteiger partial charge in [0.15, 0.2) is 0 Å². The van der Waals surface area contributed by atoms with Gasteiger partial charge in [0.1, 0.15) is 5.82 Å². The summed E-state index contributed by atoms with van der Waals surface area (Å²) in [7, 11) is 0. The summed E-state index contributed by atoms with van der Waals surface area (Å²) in [5.74, 6) is 1.52. The second-order valence-electron chi connectivity index (χ2n) is 5.46. The number of carbonyl (C=O) groups is 1. The van der Waals surface area contributed by atoms with E-state index in [2.05, 4.69) is 27.6 Å². The highest BCUT2D eigenvalue weighted by molar-refractivity contribution is 5.76. The zero-order valence-electron chi connectivity index (χ0n) is 10.4. The van der Waals surface area contributed by atoms with Gasteiger partial charge in [-0.3, -0.25) is 4.79 Å². The van der Waals surface area contributed by atoms with Crippen molar-refractivity contribution in [3.05, 3.63) is 18.2 Å². The molecule has 1 saturated heterocycles. The molecule has 1 aromatic heterocycles. The van der Waals surface area contributed by atoms with Gasteiger partial charge in [-0.25, -0.2) is 4.98 Å². The Kier molecular flexibility index (Phi) is 2.45. The predicted octanol–water partition coefficient (Wildman–Crippen LogP) is 1.46. The van der Waals surface area contributed by atoms with Crippen LogP contribution in [0.15, 0.2) is 12.4 Å². The van der Waals surface area contributed by atoms with Gasteiger partial charge in [-0.1, -0.05) is 6.92 Å². The highest BCUT2D eigenvalue weighted by atomic mass is 16.2. The van der Waals surface area contributed by atoms with Gasteiger partial charge in [-0.15, -0.1) is 0 Å². The Morgan fingerprint density at radius 2 is 2.41 bits per heavy atom. The van der Waals surface area contributed by atoms with Crippen molar-refractivity contribution in [2.24, 2.45) is 5.41 Å². The van der Waals surface area contributed by atoms with Crippen LogP contribution in [0.2, 0.25) is 0 Å². The molecule has 1 atom stereocenters. The molecular formula is C13H19N3O. The minimum Gasteiger partial charge on any atom is -0.342 e. The number of aromatic nitrogens is 2. The van der Waals surface area contributed by atoms with E-state index in [1.807, 2.05) is 6.20 Å². The molecular weight excluding hydrogens is 214 g/mol. The molecule has 2 aliphatic heterocycles. The van der Waals surface area contributed by atoms with Crippen LogP contribution < -0.4 is 0 Å². The minimum absolute atomic E-state index is 0.285. The summed E-state index contributed by atoms with van der Waals surface area (Å²) in [5.41, 5.74) is 0.285. The van der Waals surface area contributed by atoms with Crippen LogP contribution in [0.3, 0.4) is 0 Å². The Balaban J connectivity index is 1.69. The number of hydrogen-bond acceptors (Lipinski definition) is 2. The summed E-state index contributed by atoms with van der Waals surface area (Å²) in [6, 6.07) is 0. The molecule has 3 rings (SSSR count). The fourth-order valence-electron chi connectivity index (χ4n) is 3.20. The lowest BCUT2D eigenvalue weighted by Crippen LogP contribution is -2.32. The summed E-state index contributed by atoms with van der Waals surface area (Å²) < 4.78 is 2.24. The smallest absolute Gasteiger partial charge is 0.222 e. The van der Waals surface area contributed by atoms with Gasteiger partial charge in [0, 0.05) is 50.3 Å². The van der Waals surface area contributed by atoms with E-state index in [0.29, 0.717) is 12.3 Å². The van der Waals surface area contributed by atoms with Crippen LogP contribution in [0.4, 0.5) is 0 Å². The Morgan fingerprint density at radius 1 is 1.53 bits per heavy atom. The molecule has 3 heterocycles. The third-order valence-corrected chi connectivity index (χ3v) is 4.10. The molecule has 0 aromatic carbocycles. The number of carbonyl (C=O) groups excluding carboxylic acids is 1. The van der Waals surface area contributed by atoms with Crippen molar-refractivity contribution >= 4 is 5.91 Å². The first-order valence-corrected chi connectivity index (χ1v) is 6.50. The molecule has 92 valence electrons. The van der Waals surface area contributed by atoms with E-state index in [9.17, 15) is 4.79 Å². The number of imidazole rings is 1. The molecule has 1 fully saturated rings. The average molecular weight is 233 g/mol. The number of rotatable bonds is 2. The topological polar surface area (TPSA) is 38.1 Å². The van der Waals surface area contributed by atoms with E-state index < -0.39 is 0 Å². The summed E-state index contributed by atoms with van der Waals surface area (Å²) in [4.78, 5) is 18.3. The SMILES string of the molecule is CCCC(=O)N1CCC2(Cc3nccn3C2)C1. The van der Waals surface area contributed by atoms with Crippen molar-refractivity contribution in [1.29, 1.82) is 0 Å². The van der Waals surface area contributed by atoms with Crippen LogP contribution in [-0.4, -0.2) is 33.4 Å². The molecule has 0 N–H and O–H groups in total. The monoisotopic (exact) mass is 233 g/mol. The molecule has 1 unspecified atom stereocenters. The first-order valence-electron chi connectivity index (χ1n) is 6.50. The number of amides is 1. The predicted molar refractivity (Wildman–Crippen MR) is 64.5 cm³/mol. The molecule has 0 bridgehead atoms. The van der Waals surface area contributed by atoms with Gasteiger partial charge >= 0.3 is 0 Å². The molecule has 2 aliphatic rings. The average Bonchev–Trinajstić information content (AvgIpc) is 2.94. The number of fused-ring (bicyclic) bond motifs is 1. The van der Waals surface area contributed by atoms with Gasteiger partial charge < -0.3 is 9.47 Å². The number of likely N-dealkylation sites (tertiary alicyclic amines) is 1. The fourth-order valence-corrected chi connectivity index (χ4v) is 3.20. The van der Waals surface area contributed by atoms with Crippen LogP contribution in [0, 0.1) is 5.41 Å². The van der Waals surface area contributed by atoms with E-state index >= 15 is 0 Å². The summed E-state index contributed by atoms with van der Waals surface area (Å²) in [6.07, 6.45) is 7.74. The van der Waals surface area contributed by atoms with Crippen LogP contribution >= 0.6 is 0 Å². The maximum absolute atomic E-state index is 11.9. The van der Waals surface area contributed by atoms with Crippen molar-refractivity contribution in [1.82, 2.24) is 14.5 Å². The van der Waals surface area contributed by atoms with E-state index in [-0.39, 0.29) is 5.41 Å². The summed E-state index contributed by atoms with van der Waals surface area (Å²) >= 11 is 0. The molecule has 1 amide bonds. The third-order valence-electron chi connectivity index (χ3n) is 4.10. The maximum Gasteiger partial charge on any atom is 0.222 e. The van der Waals surface area contributed by atoms with Crippen molar-refractivity contribution in [3.63, 3.8) is 0 Å². The first-order chi connectivity index (χ1) is 8.22. The minimum atomic E-state index is 0.285. The third kappa shape index (κ3) is 1.75. The molecule has 0 radical (unpaired) electrons. The second-order valence-corrected chi connectivity index (χ2v) is 5.46. The molecule has 0 aliphatic carbocycles. The van der Waals surface area contributed by atoms with E-state index in [0.717, 1.165) is 38.9 Å². The Morgan fingerprint density at radius 3 is 3.18 bits per heavy atom. The Hall–Kier alpha value is -1.32. The number of nitrogens with zero attached hydrogens (tertiary/aromatic N) is 3. The van der Waals surface area contributed by atoms with E-state index in [1.54, 1.807) is 0 Å². The normalized spacial score (nSPS) is 26.8. The highest BCUT2D eigenvalue weighted by Crippen LogP contribution is 2.40. The lowest BCUT2D eigenvalue weighted by molar-refractivity contribution is -0.130. The second kappa shape index (κ2) is 3.86. The highest BCUT2D eigenvalue weighted by Gasteiger charge is 2.44. The zero-order chi connectivity index (χ0) is 11.9. The first kappa shape index (κ1) is 10.8. The van der Waals surface area contributed by atoms with Crippen molar-refractivity contribution < 1.29 is 4.79 Å². The fraction of sp³-hybridized carbons (Fsp3) is 0.692. The Bertz CT molecular complexity index is 417. The van der Waals surface area contributed by atoms with Gasteiger partial charge in [0.05, 0.1) is 0 Å². The molecule has 17 heavy (non-hydrogen) atoms. The summed E-state index contributed by atoms with van der Waals surface area (Å²) in [5, 5.41) is 0. The van der Waals surface area contributed by atoms with Crippen molar-refractivity contribution in [2.45, 2.75) is 39.2 Å². The van der Waals surface area contributed by atoms with E-state index in [1.165, 1.54) is 5.82 Å². The molecule has 1 aromatic rings. The lowest BCUT2D eigenvalue weighted by Gasteiger charge is -2.23. The van der Waals surface area contributed by atoms with Crippen LogP contribution in [0.5, 0.6) is 0 Å². The van der Waals surface area contributed by atoms with Crippen LogP contribution in [0.25, 0.3) is 0 Å². The van der Waals surface area contributed by atoms with Crippen molar-refractivity contribution in [3.8, 4) is 0 Å². The molecule has 1 spiro atoms.